The van der Waals surface area contributed by atoms with Crippen molar-refractivity contribution in [3.8, 4) is 0 Å². The van der Waals surface area contributed by atoms with E-state index in [1.165, 1.54) is 4.90 Å². The van der Waals surface area contributed by atoms with E-state index in [0.29, 0.717) is 17.7 Å². The Kier molecular flexibility index (Phi) is 7.81. The van der Waals surface area contributed by atoms with Crippen molar-refractivity contribution in [2.75, 3.05) is 37.4 Å². The number of fused-ring (bicyclic) bond motifs is 1. The molecule has 0 spiro atoms. The van der Waals surface area contributed by atoms with Gasteiger partial charge < -0.3 is 10.1 Å². The molecule has 0 atom stereocenters. The number of amides is 2. The highest BCUT2D eigenvalue weighted by molar-refractivity contribution is 8.01. The highest BCUT2D eigenvalue weighted by Crippen LogP contribution is 2.27. The minimum Gasteiger partial charge on any atom is -0.382 e. The van der Waals surface area contributed by atoms with Crippen LogP contribution in [0.25, 0.3) is 0 Å². The predicted molar refractivity (Wildman–Crippen MR) is 111 cm³/mol. The Bertz CT molecular complexity index is 777. The Morgan fingerprint density at radius 2 is 1.86 bits per heavy atom. The summed E-state index contributed by atoms with van der Waals surface area (Å²) in [6.45, 7) is 4.75. The van der Waals surface area contributed by atoms with Crippen molar-refractivity contribution in [1.29, 1.82) is 0 Å². The van der Waals surface area contributed by atoms with E-state index in [1.807, 2.05) is 6.92 Å². The van der Waals surface area contributed by atoms with Crippen molar-refractivity contribution in [3.63, 3.8) is 0 Å². The van der Waals surface area contributed by atoms with E-state index in [9.17, 15) is 9.59 Å². The number of aromatic nitrogens is 2. The van der Waals surface area contributed by atoms with Crippen molar-refractivity contribution in [3.05, 3.63) is 35.4 Å². The first-order chi connectivity index (χ1) is 13.7. The van der Waals surface area contributed by atoms with E-state index < -0.39 is 0 Å². The van der Waals surface area contributed by atoms with Gasteiger partial charge in [0.25, 0.3) is 11.8 Å². The van der Waals surface area contributed by atoms with Crippen LogP contribution in [0.15, 0.2) is 28.6 Å². The van der Waals surface area contributed by atoms with Gasteiger partial charge in [0.15, 0.2) is 4.34 Å². The summed E-state index contributed by atoms with van der Waals surface area (Å²) in [6, 6.07) is 7.00. The first-order valence-corrected chi connectivity index (χ1v) is 11.2. The molecule has 150 valence electrons. The molecular weight excluding hydrogens is 396 g/mol. The Balaban J connectivity index is 1.33. The summed E-state index contributed by atoms with van der Waals surface area (Å²) >= 11 is 3.19. The zero-order valence-corrected chi connectivity index (χ0v) is 17.5. The molecule has 0 fully saturated rings. The maximum atomic E-state index is 12.3. The fraction of sp³-hybridized carbons (Fsp3) is 0.474. The third-order valence-corrected chi connectivity index (χ3v) is 6.33. The standard InChI is InChI=1S/C19H24N4O3S2/c1-2-26-12-7-10-20-18-21-22-19(28-18)27-13-6-5-11-23-16(24)14-8-3-4-9-15(14)17(23)25/h3-4,8-9H,2,5-7,10-13H2,1H3,(H,20,21). The molecule has 1 N–H and O–H groups in total. The van der Waals surface area contributed by atoms with E-state index in [-0.39, 0.29) is 11.8 Å². The van der Waals surface area contributed by atoms with E-state index in [1.54, 1.807) is 47.4 Å². The summed E-state index contributed by atoms with van der Waals surface area (Å²) in [7, 11) is 0. The molecule has 1 aliphatic heterocycles. The molecular formula is C19H24N4O3S2. The van der Waals surface area contributed by atoms with Crippen LogP contribution in [0.5, 0.6) is 0 Å². The first-order valence-electron chi connectivity index (χ1n) is 9.44. The molecule has 2 aromatic rings. The fourth-order valence-corrected chi connectivity index (χ4v) is 4.67. The molecule has 0 saturated heterocycles. The maximum absolute atomic E-state index is 12.3. The highest BCUT2D eigenvalue weighted by atomic mass is 32.2. The lowest BCUT2D eigenvalue weighted by Crippen LogP contribution is -2.30. The van der Waals surface area contributed by atoms with Crippen molar-refractivity contribution in [1.82, 2.24) is 15.1 Å². The van der Waals surface area contributed by atoms with Crippen LogP contribution in [-0.4, -0.2) is 59.0 Å². The Labute approximate surface area is 172 Å². The van der Waals surface area contributed by atoms with E-state index in [0.717, 1.165) is 54.2 Å². The first kappa shape index (κ1) is 20.8. The molecule has 0 aliphatic carbocycles. The van der Waals surface area contributed by atoms with Crippen LogP contribution in [0, 0.1) is 0 Å². The number of ether oxygens (including phenoxy) is 1. The number of carbonyl (C=O) groups excluding carboxylic acids is 2. The van der Waals surface area contributed by atoms with Crippen LogP contribution >= 0.6 is 23.1 Å². The summed E-state index contributed by atoms with van der Waals surface area (Å²) < 4.78 is 6.22. The lowest BCUT2D eigenvalue weighted by molar-refractivity contribution is 0.0652. The lowest BCUT2D eigenvalue weighted by atomic mass is 10.1. The molecule has 0 saturated carbocycles. The molecule has 0 bridgehead atoms. The zero-order valence-electron chi connectivity index (χ0n) is 15.8. The molecule has 1 aliphatic rings. The number of thioether (sulfide) groups is 1. The molecule has 0 radical (unpaired) electrons. The second-order valence-electron chi connectivity index (χ2n) is 6.21. The van der Waals surface area contributed by atoms with Gasteiger partial charge in [-0.3, -0.25) is 14.5 Å². The number of hydrogen-bond acceptors (Lipinski definition) is 8. The minimum absolute atomic E-state index is 0.183. The van der Waals surface area contributed by atoms with Crippen LogP contribution in [0.3, 0.4) is 0 Å². The number of carbonyl (C=O) groups is 2. The predicted octanol–water partition coefficient (Wildman–Crippen LogP) is 3.55. The SMILES string of the molecule is CCOCCCNc1nnc(SCCCCN2C(=O)c3ccccc3C2=O)s1. The quantitative estimate of drug-likeness (QED) is 0.319. The summed E-state index contributed by atoms with van der Waals surface area (Å²) in [4.78, 5) is 26.0. The van der Waals surface area contributed by atoms with Crippen molar-refractivity contribution in [2.24, 2.45) is 0 Å². The number of hydrogen-bond donors (Lipinski definition) is 1. The largest absolute Gasteiger partial charge is 0.382 e. The van der Waals surface area contributed by atoms with Crippen LogP contribution < -0.4 is 5.32 Å². The Morgan fingerprint density at radius 1 is 1.11 bits per heavy atom. The number of unbranched alkanes of at least 4 members (excludes halogenated alkanes) is 1. The van der Waals surface area contributed by atoms with Crippen LogP contribution in [-0.2, 0) is 4.74 Å². The second-order valence-corrected chi connectivity index (χ2v) is 8.53. The van der Waals surface area contributed by atoms with Crippen molar-refractivity contribution >= 4 is 40.0 Å². The number of benzene rings is 1. The maximum Gasteiger partial charge on any atom is 0.261 e. The molecule has 1 aromatic carbocycles. The van der Waals surface area contributed by atoms with Gasteiger partial charge in [-0.2, -0.15) is 0 Å². The van der Waals surface area contributed by atoms with Gasteiger partial charge in [0.2, 0.25) is 5.13 Å². The third kappa shape index (κ3) is 5.30. The van der Waals surface area contributed by atoms with E-state index in [2.05, 4.69) is 15.5 Å². The van der Waals surface area contributed by atoms with Crippen LogP contribution in [0.2, 0.25) is 0 Å². The summed E-state index contributed by atoms with van der Waals surface area (Å²) in [5.41, 5.74) is 1.02. The Hall–Kier alpha value is -1.97. The fourth-order valence-electron chi connectivity index (χ4n) is 2.83. The number of nitrogens with zero attached hydrogens (tertiary/aromatic N) is 3. The monoisotopic (exact) mass is 420 g/mol. The van der Waals surface area contributed by atoms with Gasteiger partial charge in [-0.25, -0.2) is 0 Å². The number of anilines is 1. The summed E-state index contributed by atoms with van der Waals surface area (Å²) in [5, 5.41) is 12.4. The number of nitrogens with one attached hydrogen (secondary N) is 1. The molecule has 2 amide bonds. The smallest absolute Gasteiger partial charge is 0.261 e. The van der Waals surface area contributed by atoms with Gasteiger partial charge in [0, 0.05) is 32.1 Å². The second kappa shape index (κ2) is 10.5. The number of imide groups is 1. The van der Waals surface area contributed by atoms with Crippen molar-refractivity contribution in [2.45, 2.75) is 30.5 Å². The van der Waals surface area contributed by atoms with E-state index in [4.69, 9.17) is 4.74 Å². The Morgan fingerprint density at radius 3 is 2.57 bits per heavy atom. The lowest BCUT2D eigenvalue weighted by Gasteiger charge is -2.13. The van der Waals surface area contributed by atoms with Crippen molar-refractivity contribution < 1.29 is 14.3 Å². The van der Waals surface area contributed by atoms with E-state index >= 15 is 0 Å². The average Bonchev–Trinajstić information content (AvgIpc) is 3.26. The number of rotatable bonds is 12. The highest BCUT2D eigenvalue weighted by Gasteiger charge is 2.34. The summed E-state index contributed by atoms with van der Waals surface area (Å²) in [5.74, 6) is 0.511. The third-order valence-electron chi connectivity index (χ3n) is 4.23. The molecule has 9 heteroatoms. The van der Waals surface area contributed by atoms with Gasteiger partial charge in [0.05, 0.1) is 11.1 Å². The summed E-state index contributed by atoms with van der Waals surface area (Å²) in [6.07, 6.45) is 2.61. The molecule has 0 unspecified atom stereocenters. The van der Waals surface area contributed by atoms with Gasteiger partial charge in [-0.05, 0) is 38.3 Å². The normalized spacial score (nSPS) is 13.2. The molecule has 7 nitrogen and oxygen atoms in total. The van der Waals surface area contributed by atoms with Gasteiger partial charge >= 0.3 is 0 Å². The van der Waals surface area contributed by atoms with Gasteiger partial charge in [0.1, 0.15) is 0 Å². The molecule has 2 heterocycles. The van der Waals surface area contributed by atoms with Crippen LogP contribution in [0.1, 0.15) is 46.9 Å². The molecule has 3 rings (SSSR count). The zero-order chi connectivity index (χ0) is 19.8. The van der Waals surface area contributed by atoms with Crippen LogP contribution in [0.4, 0.5) is 5.13 Å². The van der Waals surface area contributed by atoms with Gasteiger partial charge in [-0.15, -0.1) is 10.2 Å². The minimum atomic E-state index is -0.183. The topological polar surface area (TPSA) is 84.4 Å². The van der Waals surface area contributed by atoms with Gasteiger partial charge in [-0.1, -0.05) is 35.2 Å². The molecule has 28 heavy (non-hydrogen) atoms. The average molecular weight is 421 g/mol. The molecule has 1 aromatic heterocycles.